The number of rotatable bonds is 6. The number of aromatic nitrogens is 1. The summed E-state index contributed by atoms with van der Waals surface area (Å²) < 4.78 is 26.3. The molecule has 0 fully saturated rings. The highest BCUT2D eigenvalue weighted by molar-refractivity contribution is 7.92. The van der Waals surface area contributed by atoms with Gasteiger partial charge in [0.15, 0.2) is 0 Å². The summed E-state index contributed by atoms with van der Waals surface area (Å²) in [4.78, 5) is 14.4. The minimum atomic E-state index is -3.47. The van der Waals surface area contributed by atoms with Crippen LogP contribution in [0.5, 0.6) is 0 Å². The van der Waals surface area contributed by atoms with Crippen molar-refractivity contribution in [3.8, 4) is 0 Å². The predicted octanol–water partition coefficient (Wildman–Crippen LogP) is 2.36. The average molecular weight is 312 g/mol. The fourth-order valence-corrected chi connectivity index (χ4v) is 2.84. The molecule has 0 atom stereocenters. The van der Waals surface area contributed by atoms with Gasteiger partial charge in [-0.25, -0.2) is 18.2 Å². The summed E-state index contributed by atoms with van der Waals surface area (Å²) in [5, 5.41) is 8.56. The first-order valence-corrected chi connectivity index (χ1v) is 8.10. The van der Waals surface area contributed by atoms with Crippen LogP contribution in [0.25, 0.3) is 6.08 Å². The van der Waals surface area contributed by atoms with E-state index >= 15 is 0 Å². The van der Waals surface area contributed by atoms with Crippen molar-refractivity contribution in [1.29, 1.82) is 0 Å². The Balaban J connectivity index is 2.78. The average Bonchev–Trinajstić information content (AvgIpc) is 2.33. The maximum Gasteiger partial charge on any atom is 0.328 e. The number of hydrogen-bond donors (Lipinski definition) is 2. The van der Waals surface area contributed by atoms with Gasteiger partial charge in [0.05, 0.1) is 5.75 Å². The van der Waals surface area contributed by atoms with Gasteiger partial charge in [0.25, 0.3) is 0 Å². The van der Waals surface area contributed by atoms with Crippen LogP contribution >= 0.6 is 0 Å². The number of nitrogens with one attached hydrogen (secondary N) is 1. The molecule has 0 spiro atoms. The van der Waals surface area contributed by atoms with E-state index in [4.69, 9.17) is 5.11 Å². The molecule has 21 heavy (non-hydrogen) atoms. The van der Waals surface area contributed by atoms with Crippen LogP contribution in [-0.4, -0.2) is 30.2 Å². The SMILES string of the molecule is CC(C)(C)CCS(=O)(=O)Nc1cc(/C=C/C(=O)O)ccn1. The normalized spacial score (nSPS) is 12.5. The zero-order valence-electron chi connectivity index (χ0n) is 12.3. The van der Waals surface area contributed by atoms with E-state index in [0.29, 0.717) is 12.0 Å². The lowest BCUT2D eigenvalue weighted by atomic mass is 9.94. The first-order chi connectivity index (χ1) is 9.57. The number of nitrogens with zero attached hydrogens (tertiary/aromatic N) is 1. The van der Waals surface area contributed by atoms with E-state index in [2.05, 4.69) is 9.71 Å². The number of anilines is 1. The molecule has 1 rings (SSSR count). The molecule has 0 radical (unpaired) electrons. The number of hydrogen-bond acceptors (Lipinski definition) is 4. The smallest absolute Gasteiger partial charge is 0.328 e. The number of sulfonamides is 1. The van der Waals surface area contributed by atoms with E-state index < -0.39 is 16.0 Å². The summed E-state index contributed by atoms with van der Waals surface area (Å²) in [6.45, 7) is 5.91. The predicted molar refractivity (Wildman–Crippen MR) is 82.4 cm³/mol. The third-order valence-corrected chi connectivity index (χ3v) is 3.84. The first-order valence-electron chi connectivity index (χ1n) is 6.45. The number of carboxylic acid groups (broad SMARTS) is 1. The van der Waals surface area contributed by atoms with E-state index in [1.165, 1.54) is 18.3 Å². The van der Waals surface area contributed by atoms with Gasteiger partial charge < -0.3 is 5.11 Å². The number of aliphatic carboxylic acids is 1. The standard InChI is InChI=1S/C14H20N2O4S/c1-14(2,3)7-9-21(19,20)16-12-10-11(6-8-15-12)4-5-13(17)18/h4-6,8,10H,7,9H2,1-3H3,(H,15,16)(H,17,18)/b5-4+. The van der Waals surface area contributed by atoms with Crippen LogP contribution in [-0.2, 0) is 14.8 Å². The third-order valence-electron chi connectivity index (χ3n) is 2.58. The maximum atomic E-state index is 12.0. The van der Waals surface area contributed by atoms with Crippen molar-refractivity contribution in [2.45, 2.75) is 27.2 Å². The molecule has 0 amide bonds. The van der Waals surface area contributed by atoms with Crippen molar-refractivity contribution in [3.63, 3.8) is 0 Å². The van der Waals surface area contributed by atoms with Crippen LogP contribution in [0, 0.1) is 5.41 Å². The number of carbonyl (C=O) groups is 1. The highest BCUT2D eigenvalue weighted by atomic mass is 32.2. The van der Waals surface area contributed by atoms with Crippen LogP contribution in [0.1, 0.15) is 32.8 Å². The Morgan fingerprint density at radius 1 is 1.43 bits per heavy atom. The van der Waals surface area contributed by atoms with Gasteiger partial charge in [-0.1, -0.05) is 20.8 Å². The van der Waals surface area contributed by atoms with Crippen molar-refractivity contribution < 1.29 is 18.3 Å². The minimum Gasteiger partial charge on any atom is -0.478 e. The molecule has 0 saturated carbocycles. The second-order valence-corrected chi connectivity index (χ2v) is 7.72. The second-order valence-electron chi connectivity index (χ2n) is 5.88. The molecular formula is C14H20N2O4S. The Labute approximate surface area is 125 Å². The van der Waals surface area contributed by atoms with Crippen LogP contribution in [0.4, 0.5) is 5.82 Å². The van der Waals surface area contributed by atoms with Gasteiger partial charge in [0, 0.05) is 12.3 Å². The first kappa shape index (κ1) is 17.2. The molecule has 116 valence electrons. The lowest BCUT2D eigenvalue weighted by Gasteiger charge is -2.18. The van der Waals surface area contributed by atoms with E-state index in [1.807, 2.05) is 20.8 Å². The van der Waals surface area contributed by atoms with Crippen molar-refractivity contribution in [2.24, 2.45) is 5.41 Å². The lowest BCUT2D eigenvalue weighted by Crippen LogP contribution is -2.21. The van der Waals surface area contributed by atoms with E-state index in [1.54, 1.807) is 6.07 Å². The second kappa shape index (κ2) is 6.71. The van der Waals surface area contributed by atoms with Crippen LogP contribution in [0.3, 0.4) is 0 Å². The summed E-state index contributed by atoms with van der Waals surface area (Å²) in [5.74, 6) is -0.886. The van der Waals surface area contributed by atoms with Crippen molar-refractivity contribution >= 4 is 27.9 Å². The fraction of sp³-hybridized carbons (Fsp3) is 0.429. The Bertz CT molecular complexity index is 631. The highest BCUT2D eigenvalue weighted by Crippen LogP contribution is 2.20. The summed E-state index contributed by atoms with van der Waals surface area (Å²) >= 11 is 0. The van der Waals surface area contributed by atoms with E-state index in [9.17, 15) is 13.2 Å². The summed E-state index contributed by atoms with van der Waals surface area (Å²) in [6, 6.07) is 3.07. The van der Waals surface area contributed by atoms with Crippen LogP contribution in [0.2, 0.25) is 0 Å². The largest absolute Gasteiger partial charge is 0.478 e. The maximum absolute atomic E-state index is 12.0. The molecule has 2 N–H and O–H groups in total. The van der Waals surface area contributed by atoms with Gasteiger partial charge >= 0.3 is 5.97 Å². The third kappa shape index (κ3) is 7.45. The number of carboxylic acids is 1. The van der Waals surface area contributed by atoms with Gasteiger partial charge in [-0.3, -0.25) is 4.72 Å². The molecule has 0 saturated heterocycles. The molecular weight excluding hydrogens is 292 g/mol. The topological polar surface area (TPSA) is 96.4 Å². The number of pyridine rings is 1. The molecule has 0 aliphatic rings. The van der Waals surface area contributed by atoms with Gasteiger partial charge in [-0.05, 0) is 35.6 Å². The van der Waals surface area contributed by atoms with Crippen molar-refractivity contribution in [1.82, 2.24) is 4.98 Å². The Morgan fingerprint density at radius 3 is 2.67 bits per heavy atom. The van der Waals surface area contributed by atoms with Gasteiger partial charge in [-0.2, -0.15) is 0 Å². The minimum absolute atomic E-state index is 0.00731. The van der Waals surface area contributed by atoms with E-state index in [0.717, 1.165) is 6.08 Å². The molecule has 6 nitrogen and oxygen atoms in total. The zero-order chi connectivity index (χ0) is 16.1. The molecule has 0 aromatic carbocycles. The van der Waals surface area contributed by atoms with E-state index in [-0.39, 0.29) is 17.0 Å². The molecule has 0 aliphatic carbocycles. The zero-order valence-corrected chi connectivity index (χ0v) is 13.1. The Morgan fingerprint density at radius 2 is 2.10 bits per heavy atom. The van der Waals surface area contributed by atoms with Gasteiger partial charge in [-0.15, -0.1) is 0 Å². The van der Waals surface area contributed by atoms with Crippen molar-refractivity contribution in [3.05, 3.63) is 30.0 Å². The fourth-order valence-electron chi connectivity index (χ4n) is 1.42. The molecule has 1 aromatic heterocycles. The molecule has 0 aliphatic heterocycles. The molecule has 1 heterocycles. The van der Waals surface area contributed by atoms with Crippen LogP contribution in [0.15, 0.2) is 24.4 Å². The Hall–Kier alpha value is -1.89. The monoisotopic (exact) mass is 312 g/mol. The van der Waals surface area contributed by atoms with Crippen LogP contribution < -0.4 is 4.72 Å². The molecule has 0 bridgehead atoms. The molecule has 7 heteroatoms. The summed E-state index contributed by atoms with van der Waals surface area (Å²) in [6.07, 6.45) is 4.30. The molecule has 0 unspecified atom stereocenters. The lowest BCUT2D eigenvalue weighted by molar-refractivity contribution is -0.131. The van der Waals surface area contributed by atoms with Crippen molar-refractivity contribution in [2.75, 3.05) is 10.5 Å². The Kier molecular flexibility index (Phi) is 5.48. The summed E-state index contributed by atoms with van der Waals surface area (Å²) in [7, 11) is -3.47. The quantitative estimate of drug-likeness (QED) is 0.786. The highest BCUT2D eigenvalue weighted by Gasteiger charge is 2.17. The molecule has 1 aromatic rings. The van der Waals surface area contributed by atoms with Gasteiger partial charge in [0.1, 0.15) is 5.82 Å². The summed E-state index contributed by atoms with van der Waals surface area (Å²) in [5.41, 5.74) is 0.481. The van der Waals surface area contributed by atoms with Gasteiger partial charge in [0.2, 0.25) is 10.0 Å².